The van der Waals surface area contributed by atoms with E-state index in [4.69, 9.17) is 19.8 Å². The summed E-state index contributed by atoms with van der Waals surface area (Å²) >= 11 is 0. The zero-order valence-electron chi connectivity index (χ0n) is 16.9. The van der Waals surface area contributed by atoms with E-state index in [0.717, 1.165) is 49.3 Å². The highest BCUT2D eigenvalue weighted by atomic mass is 16.5. The lowest BCUT2D eigenvalue weighted by molar-refractivity contribution is 0.137. The summed E-state index contributed by atoms with van der Waals surface area (Å²) in [5, 5.41) is 11.5. The van der Waals surface area contributed by atoms with Crippen LogP contribution in [0.25, 0.3) is 11.0 Å². The second-order valence-electron chi connectivity index (χ2n) is 6.89. The molecule has 10 heteroatoms. The van der Waals surface area contributed by atoms with Crippen LogP contribution in [0.2, 0.25) is 0 Å². The number of hydrogen-bond acceptors (Lipinski definition) is 9. The smallest absolute Gasteiger partial charge is 0.228 e. The van der Waals surface area contributed by atoms with E-state index in [1.165, 1.54) is 6.33 Å². The number of hydrogen-bond donors (Lipinski definition) is 2. The lowest BCUT2D eigenvalue weighted by Crippen LogP contribution is -2.29. The molecular formula is C19H27N9O. The summed E-state index contributed by atoms with van der Waals surface area (Å²) in [4.78, 5) is 20.3. The molecule has 0 aliphatic carbocycles. The molecule has 154 valence electrons. The first-order valence-corrected chi connectivity index (χ1v) is 10.1. The van der Waals surface area contributed by atoms with Gasteiger partial charge in [0.15, 0.2) is 5.82 Å². The molecule has 0 radical (unpaired) electrons. The number of nitrogens with one attached hydrogen (secondary N) is 2. The van der Waals surface area contributed by atoms with E-state index in [2.05, 4.69) is 25.5 Å². The molecule has 0 atom stereocenters. The van der Waals surface area contributed by atoms with Crippen LogP contribution in [0, 0.1) is 6.92 Å². The molecule has 0 bridgehead atoms. The third kappa shape index (κ3) is 4.43. The molecule has 1 fully saturated rings. The normalized spacial score (nSPS) is 14.9. The fourth-order valence-corrected chi connectivity index (χ4v) is 3.44. The van der Waals surface area contributed by atoms with Gasteiger partial charge in [-0.2, -0.15) is 10.1 Å². The number of aryl methyl sites for hydroxylation is 1. The molecular weight excluding hydrogens is 370 g/mol. The second-order valence-corrected chi connectivity index (χ2v) is 6.89. The molecule has 0 saturated carbocycles. The highest BCUT2D eigenvalue weighted by molar-refractivity contribution is 5.90. The summed E-state index contributed by atoms with van der Waals surface area (Å²) in [6.45, 7) is 9.58. The van der Waals surface area contributed by atoms with Gasteiger partial charge in [0.05, 0.1) is 18.8 Å². The Morgan fingerprint density at radius 1 is 1.24 bits per heavy atom. The molecule has 0 aromatic carbocycles. The monoisotopic (exact) mass is 397 g/mol. The quantitative estimate of drug-likeness (QED) is 0.574. The average Bonchev–Trinajstić information content (AvgIpc) is 2.91. The number of rotatable bonds is 7. The molecule has 29 heavy (non-hydrogen) atoms. The van der Waals surface area contributed by atoms with Crippen LogP contribution in [0.15, 0.2) is 18.6 Å². The molecule has 4 rings (SSSR count). The van der Waals surface area contributed by atoms with E-state index in [1.54, 1.807) is 6.20 Å². The van der Waals surface area contributed by atoms with Gasteiger partial charge in [-0.15, -0.1) is 0 Å². The van der Waals surface area contributed by atoms with Crippen molar-refractivity contribution in [2.45, 2.75) is 26.8 Å². The van der Waals surface area contributed by atoms with Gasteiger partial charge >= 0.3 is 0 Å². The number of aromatic nitrogens is 6. The van der Waals surface area contributed by atoms with Crippen LogP contribution in [0.4, 0.5) is 17.6 Å². The summed E-state index contributed by atoms with van der Waals surface area (Å²) < 4.78 is 7.44. The molecule has 2 N–H and O–H groups in total. The largest absolute Gasteiger partial charge is 0.380 e. The minimum atomic E-state index is 0.583. The van der Waals surface area contributed by atoms with E-state index in [-0.39, 0.29) is 0 Å². The third-order valence-corrected chi connectivity index (χ3v) is 4.85. The van der Waals surface area contributed by atoms with Gasteiger partial charge in [0, 0.05) is 32.4 Å². The molecule has 1 aliphatic rings. The third-order valence-electron chi connectivity index (χ3n) is 4.85. The van der Waals surface area contributed by atoms with Crippen molar-refractivity contribution in [2.24, 2.45) is 0 Å². The highest BCUT2D eigenvalue weighted by Gasteiger charge is 2.20. The maximum Gasteiger partial charge on any atom is 0.228 e. The average molecular weight is 397 g/mol. The Balaban J connectivity index is 1.77. The Morgan fingerprint density at radius 2 is 2.17 bits per heavy atom. The van der Waals surface area contributed by atoms with Gasteiger partial charge < -0.3 is 20.3 Å². The van der Waals surface area contributed by atoms with Gasteiger partial charge in [-0.05, 0) is 32.9 Å². The van der Waals surface area contributed by atoms with Crippen molar-refractivity contribution < 1.29 is 4.74 Å². The molecule has 1 aliphatic heterocycles. The number of ether oxygens (including phenoxy) is 1. The lowest BCUT2D eigenvalue weighted by Gasteiger charge is -2.21. The van der Waals surface area contributed by atoms with Crippen LogP contribution < -0.4 is 15.5 Å². The Labute approximate surface area is 169 Å². The maximum atomic E-state index is 5.53. The number of anilines is 3. The summed E-state index contributed by atoms with van der Waals surface area (Å²) in [7, 11) is 0. The minimum Gasteiger partial charge on any atom is -0.380 e. The summed E-state index contributed by atoms with van der Waals surface area (Å²) in [6.07, 6.45) is 4.27. The first-order chi connectivity index (χ1) is 14.3. The molecule has 3 aromatic rings. The zero-order valence-corrected chi connectivity index (χ0v) is 16.9. The van der Waals surface area contributed by atoms with Gasteiger partial charge in [-0.25, -0.2) is 15.0 Å². The summed E-state index contributed by atoms with van der Waals surface area (Å²) in [5.41, 5.74) is 2.58. The standard InChI is InChI=1S/C19H27N9O/c1-3-29-12-11-28-17-16(14(2)26-28)24-19(27-9-4-6-20-8-10-27)25-18(17)23-15-5-7-21-13-22-15/h5,7,13,20H,3-4,6,8-12H2,1-2H3,(H,21,22,23,24,25). The van der Waals surface area contributed by atoms with Crippen LogP contribution in [0.1, 0.15) is 19.0 Å². The Morgan fingerprint density at radius 3 is 3.00 bits per heavy atom. The number of nitrogens with zero attached hydrogens (tertiary/aromatic N) is 7. The van der Waals surface area contributed by atoms with Crippen molar-refractivity contribution in [1.82, 2.24) is 35.0 Å². The van der Waals surface area contributed by atoms with Crippen LogP contribution in [0.5, 0.6) is 0 Å². The topological polar surface area (TPSA) is 106 Å². The molecule has 3 aromatic heterocycles. The fraction of sp³-hybridized carbons (Fsp3) is 0.526. The molecule has 0 amide bonds. The van der Waals surface area contributed by atoms with Crippen LogP contribution in [0.3, 0.4) is 0 Å². The van der Waals surface area contributed by atoms with Gasteiger partial charge in [-0.1, -0.05) is 0 Å². The van der Waals surface area contributed by atoms with Gasteiger partial charge in [0.25, 0.3) is 0 Å². The minimum absolute atomic E-state index is 0.583. The van der Waals surface area contributed by atoms with Crippen molar-refractivity contribution in [3.8, 4) is 0 Å². The Kier molecular flexibility index (Phi) is 6.11. The highest BCUT2D eigenvalue weighted by Crippen LogP contribution is 2.28. The van der Waals surface area contributed by atoms with E-state index in [0.29, 0.717) is 37.3 Å². The molecule has 0 spiro atoms. The second kappa shape index (κ2) is 9.10. The number of fused-ring (bicyclic) bond motifs is 1. The summed E-state index contributed by atoms with van der Waals surface area (Å²) in [5.74, 6) is 2.09. The SMILES string of the molecule is CCOCCn1nc(C)c2nc(N3CCCNCC3)nc(Nc3ccncn3)c21. The van der Waals surface area contributed by atoms with Gasteiger partial charge in [0.2, 0.25) is 5.95 Å². The predicted octanol–water partition coefficient (Wildman–Crippen LogP) is 1.50. The predicted molar refractivity (Wildman–Crippen MR) is 112 cm³/mol. The molecule has 0 unspecified atom stereocenters. The van der Waals surface area contributed by atoms with Crippen molar-refractivity contribution in [3.05, 3.63) is 24.3 Å². The summed E-state index contributed by atoms with van der Waals surface area (Å²) in [6, 6.07) is 1.82. The van der Waals surface area contributed by atoms with E-state index in [9.17, 15) is 0 Å². The van der Waals surface area contributed by atoms with Crippen LogP contribution >= 0.6 is 0 Å². The molecule has 4 heterocycles. The maximum absolute atomic E-state index is 5.53. The fourth-order valence-electron chi connectivity index (χ4n) is 3.44. The van der Waals surface area contributed by atoms with Crippen LogP contribution in [-0.2, 0) is 11.3 Å². The molecule has 1 saturated heterocycles. The van der Waals surface area contributed by atoms with Crippen molar-refractivity contribution in [3.63, 3.8) is 0 Å². The lowest BCUT2D eigenvalue weighted by atomic mass is 10.3. The van der Waals surface area contributed by atoms with Crippen molar-refractivity contribution in [2.75, 3.05) is 49.6 Å². The van der Waals surface area contributed by atoms with E-state index >= 15 is 0 Å². The van der Waals surface area contributed by atoms with Crippen LogP contribution in [-0.4, -0.2) is 69.1 Å². The van der Waals surface area contributed by atoms with E-state index in [1.807, 2.05) is 24.6 Å². The van der Waals surface area contributed by atoms with Crippen molar-refractivity contribution >= 4 is 28.6 Å². The molecule has 10 nitrogen and oxygen atoms in total. The van der Waals surface area contributed by atoms with E-state index < -0.39 is 0 Å². The first kappa shape index (κ1) is 19.5. The van der Waals surface area contributed by atoms with Gasteiger partial charge in [0.1, 0.15) is 23.2 Å². The Bertz CT molecular complexity index is 936. The Hall–Kier alpha value is -2.85. The van der Waals surface area contributed by atoms with Crippen molar-refractivity contribution in [1.29, 1.82) is 0 Å². The van der Waals surface area contributed by atoms with Gasteiger partial charge in [-0.3, -0.25) is 4.68 Å². The first-order valence-electron chi connectivity index (χ1n) is 10.1. The zero-order chi connectivity index (χ0) is 20.1.